The normalized spacial score (nSPS) is 39.1. The van der Waals surface area contributed by atoms with Crippen LogP contribution in [0.1, 0.15) is 44.1 Å². The average molecular weight is 311 g/mol. The first kappa shape index (κ1) is 13.1. The Labute approximate surface area is 124 Å². The lowest BCUT2D eigenvalue weighted by Crippen LogP contribution is -2.48. The van der Waals surface area contributed by atoms with Gasteiger partial charge in [-0.05, 0) is 79.4 Å². The molecule has 4 heteroatoms. The maximum atomic E-state index is 11.4. The van der Waals surface area contributed by atoms with Gasteiger partial charge >= 0.3 is 0 Å². The third-order valence-electron chi connectivity index (χ3n) is 5.79. The van der Waals surface area contributed by atoms with Crippen LogP contribution in [-0.4, -0.2) is 8.42 Å². The molecule has 0 amide bonds. The third-order valence-corrected chi connectivity index (χ3v) is 7.16. The van der Waals surface area contributed by atoms with E-state index in [1.54, 1.807) is 12.1 Å². The summed E-state index contributed by atoms with van der Waals surface area (Å²) in [6, 6.07) is 7.36. The van der Waals surface area contributed by atoms with Gasteiger partial charge in [0.15, 0.2) is 0 Å². The van der Waals surface area contributed by atoms with E-state index in [0.717, 1.165) is 17.8 Å². The molecule has 0 spiro atoms. The van der Waals surface area contributed by atoms with E-state index in [2.05, 4.69) is 0 Å². The Morgan fingerprint density at radius 1 is 0.900 bits per heavy atom. The van der Waals surface area contributed by atoms with Crippen molar-refractivity contribution in [3.05, 3.63) is 29.8 Å². The first-order valence-electron chi connectivity index (χ1n) is 7.50. The van der Waals surface area contributed by atoms with Crippen molar-refractivity contribution in [1.82, 2.24) is 0 Å². The highest BCUT2D eigenvalue weighted by atomic mass is 35.7. The van der Waals surface area contributed by atoms with Gasteiger partial charge < -0.3 is 0 Å². The molecule has 4 bridgehead atoms. The maximum Gasteiger partial charge on any atom is 0.261 e. The second kappa shape index (κ2) is 4.23. The molecule has 0 saturated heterocycles. The van der Waals surface area contributed by atoms with Gasteiger partial charge in [-0.15, -0.1) is 0 Å². The monoisotopic (exact) mass is 310 g/mol. The molecule has 1 aromatic rings. The zero-order chi connectivity index (χ0) is 14.0. The van der Waals surface area contributed by atoms with Gasteiger partial charge in [0, 0.05) is 10.7 Å². The van der Waals surface area contributed by atoms with Crippen LogP contribution in [0.15, 0.2) is 29.2 Å². The molecule has 4 aliphatic carbocycles. The average Bonchev–Trinajstić information content (AvgIpc) is 2.36. The summed E-state index contributed by atoms with van der Waals surface area (Å²) < 4.78 is 22.7. The molecule has 0 N–H and O–H groups in total. The van der Waals surface area contributed by atoms with Gasteiger partial charge in [-0.3, -0.25) is 0 Å². The van der Waals surface area contributed by atoms with E-state index in [4.69, 9.17) is 10.7 Å². The summed E-state index contributed by atoms with van der Waals surface area (Å²) in [7, 11) is 1.80. The van der Waals surface area contributed by atoms with E-state index in [1.807, 2.05) is 12.1 Å². The molecule has 0 radical (unpaired) electrons. The molecule has 0 unspecified atom stereocenters. The van der Waals surface area contributed by atoms with Crippen LogP contribution in [0.5, 0.6) is 0 Å². The van der Waals surface area contributed by atoms with Crippen LogP contribution < -0.4 is 0 Å². The molecular weight excluding hydrogens is 292 g/mol. The lowest BCUT2D eigenvalue weighted by molar-refractivity contribution is -0.00521. The molecular formula is C16H19ClO2S. The number of hydrogen-bond acceptors (Lipinski definition) is 2. The summed E-state index contributed by atoms with van der Waals surface area (Å²) in [5, 5.41) is 0. The van der Waals surface area contributed by atoms with Crippen LogP contribution in [-0.2, 0) is 14.5 Å². The Balaban J connectivity index is 1.70. The lowest BCUT2D eigenvalue weighted by Gasteiger charge is -2.57. The summed E-state index contributed by atoms with van der Waals surface area (Å²) in [6.07, 6.45) is 8.16. The molecule has 108 valence electrons. The van der Waals surface area contributed by atoms with Gasteiger partial charge in [-0.2, -0.15) is 0 Å². The topological polar surface area (TPSA) is 34.1 Å². The molecule has 0 atom stereocenters. The second-order valence-corrected chi connectivity index (χ2v) is 9.73. The SMILES string of the molecule is O=S(=O)(Cl)c1ccc(C23CC4CC(CC(C4)C2)C3)cc1. The van der Waals surface area contributed by atoms with Crippen molar-refractivity contribution in [2.75, 3.05) is 0 Å². The maximum absolute atomic E-state index is 11.4. The van der Waals surface area contributed by atoms with Crippen LogP contribution >= 0.6 is 10.7 Å². The minimum absolute atomic E-state index is 0.215. The van der Waals surface area contributed by atoms with Gasteiger partial charge in [0.2, 0.25) is 0 Å². The number of hydrogen-bond donors (Lipinski definition) is 0. The number of rotatable bonds is 2. The van der Waals surface area contributed by atoms with Gasteiger partial charge in [-0.1, -0.05) is 12.1 Å². The Hall–Kier alpha value is -0.540. The second-order valence-electron chi connectivity index (χ2n) is 7.16. The summed E-state index contributed by atoms with van der Waals surface area (Å²) in [4.78, 5) is 0.215. The molecule has 2 nitrogen and oxygen atoms in total. The van der Waals surface area contributed by atoms with Crippen molar-refractivity contribution >= 4 is 19.7 Å². The Bertz CT molecular complexity index is 598. The predicted octanol–water partition coefficient (Wildman–Crippen LogP) is 4.08. The Morgan fingerprint density at radius 2 is 1.35 bits per heavy atom. The zero-order valence-corrected chi connectivity index (χ0v) is 13.0. The van der Waals surface area contributed by atoms with Crippen LogP contribution in [0.3, 0.4) is 0 Å². The van der Waals surface area contributed by atoms with Crippen LogP contribution in [0.2, 0.25) is 0 Å². The molecule has 5 rings (SSSR count). The van der Waals surface area contributed by atoms with E-state index in [9.17, 15) is 8.42 Å². The molecule has 4 aliphatic rings. The largest absolute Gasteiger partial charge is 0.261 e. The van der Waals surface area contributed by atoms with E-state index in [1.165, 1.54) is 44.1 Å². The van der Waals surface area contributed by atoms with Crippen LogP contribution in [0.25, 0.3) is 0 Å². The van der Waals surface area contributed by atoms with E-state index < -0.39 is 9.05 Å². The van der Waals surface area contributed by atoms with Crippen LogP contribution in [0, 0.1) is 17.8 Å². The van der Waals surface area contributed by atoms with E-state index in [0.29, 0.717) is 5.41 Å². The highest BCUT2D eigenvalue weighted by molar-refractivity contribution is 8.13. The fourth-order valence-corrected chi connectivity index (χ4v) is 6.21. The summed E-state index contributed by atoms with van der Waals surface area (Å²) in [5.41, 5.74) is 1.66. The Kier molecular flexibility index (Phi) is 2.78. The van der Waals surface area contributed by atoms with Crippen molar-refractivity contribution in [1.29, 1.82) is 0 Å². The minimum atomic E-state index is -3.60. The fraction of sp³-hybridized carbons (Fsp3) is 0.625. The third kappa shape index (κ3) is 2.01. The number of benzene rings is 1. The minimum Gasteiger partial charge on any atom is -0.207 e. The smallest absolute Gasteiger partial charge is 0.207 e. The summed E-state index contributed by atoms with van der Waals surface area (Å²) in [6.45, 7) is 0. The lowest BCUT2D eigenvalue weighted by atomic mass is 9.48. The summed E-state index contributed by atoms with van der Waals surface area (Å²) >= 11 is 0. The Morgan fingerprint density at radius 3 is 1.75 bits per heavy atom. The van der Waals surface area contributed by atoms with Crippen LogP contribution in [0.4, 0.5) is 0 Å². The molecule has 4 fully saturated rings. The van der Waals surface area contributed by atoms with E-state index >= 15 is 0 Å². The fourth-order valence-electron chi connectivity index (χ4n) is 5.44. The highest BCUT2D eigenvalue weighted by Gasteiger charge is 2.51. The van der Waals surface area contributed by atoms with Gasteiger partial charge in [-0.25, -0.2) is 8.42 Å². The highest BCUT2D eigenvalue weighted by Crippen LogP contribution is 2.60. The van der Waals surface area contributed by atoms with Gasteiger partial charge in [0.1, 0.15) is 0 Å². The first-order valence-corrected chi connectivity index (χ1v) is 9.81. The molecule has 0 aromatic heterocycles. The molecule has 0 heterocycles. The zero-order valence-electron chi connectivity index (χ0n) is 11.4. The van der Waals surface area contributed by atoms with Gasteiger partial charge in [0.25, 0.3) is 9.05 Å². The standard InChI is InChI=1S/C16H19ClO2S/c17-20(18,19)15-3-1-14(2-4-15)16-8-11-5-12(9-16)7-13(6-11)10-16/h1-4,11-13H,5-10H2. The number of halogens is 1. The molecule has 4 saturated carbocycles. The molecule has 0 aliphatic heterocycles. The molecule has 1 aromatic carbocycles. The van der Waals surface area contributed by atoms with Gasteiger partial charge in [0.05, 0.1) is 4.90 Å². The van der Waals surface area contributed by atoms with Crippen molar-refractivity contribution in [2.45, 2.75) is 48.8 Å². The van der Waals surface area contributed by atoms with Crippen molar-refractivity contribution in [2.24, 2.45) is 17.8 Å². The quantitative estimate of drug-likeness (QED) is 0.771. The first-order chi connectivity index (χ1) is 9.45. The van der Waals surface area contributed by atoms with Crippen molar-refractivity contribution in [3.8, 4) is 0 Å². The van der Waals surface area contributed by atoms with Crippen molar-refractivity contribution < 1.29 is 8.42 Å². The predicted molar refractivity (Wildman–Crippen MR) is 79.3 cm³/mol. The molecule has 20 heavy (non-hydrogen) atoms. The summed E-state index contributed by atoms with van der Waals surface area (Å²) in [5.74, 6) is 2.70. The van der Waals surface area contributed by atoms with E-state index in [-0.39, 0.29) is 4.90 Å². The van der Waals surface area contributed by atoms with Crippen molar-refractivity contribution in [3.63, 3.8) is 0 Å².